The zero-order valence-electron chi connectivity index (χ0n) is 9.24. The van der Waals surface area contributed by atoms with Crippen LogP contribution in [0.5, 0.6) is 0 Å². The number of nitrogens with two attached hydrogens (primary N) is 1. The van der Waals surface area contributed by atoms with Crippen LogP contribution in [0.3, 0.4) is 0 Å². The molecule has 90 valence electrons. The van der Waals surface area contributed by atoms with Crippen molar-refractivity contribution in [2.45, 2.75) is 50.4 Å². The van der Waals surface area contributed by atoms with Gasteiger partial charge in [-0.1, -0.05) is 19.3 Å². The third-order valence-electron chi connectivity index (χ3n) is 3.18. The Kier molecular flexibility index (Phi) is 3.25. The van der Waals surface area contributed by atoms with E-state index in [9.17, 15) is 9.59 Å². The van der Waals surface area contributed by atoms with Gasteiger partial charge in [0.05, 0.1) is 12.5 Å². The van der Waals surface area contributed by atoms with Crippen LogP contribution in [0.25, 0.3) is 0 Å². The maximum Gasteiger partial charge on any atom is 0.278 e. The number of primary amides is 1. The van der Waals surface area contributed by atoms with Gasteiger partial charge in [-0.3, -0.25) is 9.59 Å². The number of rotatable bonds is 3. The number of Topliss-reactive ketones (excluding diaryl/α,β-unsaturated/α-hetero) is 1. The summed E-state index contributed by atoms with van der Waals surface area (Å²) in [6.07, 6.45) is 5.15. The summed E-state index contributed by atoms with van der Waals surface area (Å²) >= 11 is 0. The molecule has 16 heavy (non-hydrogen) atoms. The van der Waals surface area contributed by atoms with E-state index < -0.39 is 11.7 Å². The largest absolute Gasteiger partial charge is 0.365 e. The molecule has 1 saturated carbocycles. The fourth-order valence-electron chi connectivity index (χ4n) is 2.30. The van der Waals surface area contributed by atoms with E-state index in [-0.39, 0.29) is 24.9 Å². The van der Waals surface area contributed by atoms with Crippen molar-refractivity contribution in [2.24, 2.45) is 5.73 Å². The van der Waals surface area contributed by atoms with Crippen LogP contribution >= 0.6 is 0 Å². The quantitative estimate of drug-likeness (QED) is 0.761. The standard InChI is InChI=1S/C11H17NO4/c12-10(14)11(6-8(13)7-15-11)16-9-4-2-1-3-5-9/h9H,1-7H2,(H2,12,14)/t11-/m0/s1. The van der Waals surface area contributed by atoms with Gasteiger partial charge >= 0.3 is 0 Å². The summed E-state index contributed by atoms with van der Waals surface area (Å²) in [7, 11) is 0. The third kappa shape index (κ3) is 2.25. The summed E-state index contributed by atoms with van der Waals surface area (Å²) in [5.41, 5.74) is 5.27. The van der Waals surface area contributed by atoms with Crippen LogP contribution in [0.1, 0.15) is 38.5 Å². The Hall–Kier alpha value is -0.940. The maximum absolute atomic E-state index is 11.4. The molecule has 1 atom stereocenters. The van der Waals surface area contributed by atoms with Crippen molar-refractivity contribution in [3.05, 3.63) is 0 Å². The first-order valence-corrected chi connectivity index (χ1v) is 5.76. The Labute approximate surface area is 94.3 Å². The molecule has 0 aromatic carbocycles. The second-order valence-corrected chi connectivity index (χ2v) is 4.50. The van der Waals surface area contributed by atoms with Crippen molar-refractivity contribution in [1.29, 1.82) is 0 Å². The highest BCUT2D eigenvalue weighted by Crippen LogP contribution is 2.31. The first kappa shape index (κ1) is 11.5. The van der Waals surface area contributed by atoms with E-state index in [4.69, 9.17) is 15.2 Å². The number of carbonyl (C=O) groups excluding carboxylic acids is 2. The second-order valence-electron chi connectivity index (χ2n) is 4.50. The van der Waals surface area contributed by atoms with E-state index in [1.165, 1.54) is 6.42 Å². The molecule has 1 aliphatic carbocycles. The minimum Gasteiger partial charge on any atom is -0.365 e. The number of ether oxygens (including phenoxy) is 2. The lowest BCUT2D eigenvalue weighted by molar-refractivity contribution is -0.230. The minimum absolute atomic E-state index is 0.00727. The van der Waals surface area contributed by atoms with Gasteiger partial charge in [0.1, 0.15) is 6.61 Å². The average molecular weight is 227 g/mol. The number of hydrogen-bond acceptors (Lipinski definition) is 4. The molecule has 2 fully saturated rings. The lowest BCUT2D eigenvalue weighted by Crippen LogP contribution is -2.48. The smallest absolute Gasteiger partial charge is 0.278 e. The van der Waals surface area contributed by atoms with Crippen LogP contribution in [0.4, 0.5) is 0 Å². The molecule has 2 N–H and O–H groups in total. The molecule has 0 bridgehead atoms. The van der Waals surface area contributed by atoms with Crippen LogP contribution in [0.15, 0.2) is 0 Å². The molecule has 0 unspecified atom stereocenters. The number of ketones is 1. The molecule has 2 aliphatic rings. The van der Waals surface area contributed by atoms with Crippen molar-refractivity contribution in [2.75, 3.05) is 6.61 Å². The summed E-state index contributed by atoms with van der Waals surface area (Å²) in [4.78, 5) is 22.6. The number of amides is 1. The molecule has 1 aliphatic heterocycles. The molecule has 0 radical (unpaired) electrons. The van der Waals surface area contributed by atoms with Crippen LogP contribution in [0.2, 0.25) is 0 Å². The van der Waals surface area contributed by atoms with E-state index >= 15 is 0 Å². The van der Waals surface area contributed by atoms with E-state index in [0.717, 1.165) is 25.7 Å². The van der Waals surface area contributed by atoms with Gasteiger partial charge in [-0.05, 0) is 12.8 Å². The third-order valence-corrected chi connectivity index (χ3v) is 3.18. The predicted octanol–water partition coefficient (Wildman–Crippen LogP) is 0.507. The van der Waals surface area contributed by atoms with Gasteiger partial charge in [-0.2, -0.15) is 0 Å². The van der Waals surface area contributed by atoms with Crippen molar-refractivity contribution >= 4 is 11.7 Å². The van der Waals surface area contributed by atoms with Crippen molar-refractivity contribution in [3.63, 3.8) is 0 Å². The molecular weight excluding hydrogens is 210 g/mol. The van der Waals surface area contributed by atoms with Gasteiger partial charge in [0.15, 0.2) is 5.78 Å². The predicted molar refractivity (Wildman–Crippen MR) is 55.5 cm³/mol. The fourth-order valence-corrected chi connectivity index (χ4v) is 2.30. The van der Waals surface area contributed by atoms with Gasteiger partial charge in [0, 0.05) is 0 Å². The Morgan fingerprint density at radius 3 is 2.56 bits per heavy atom. The van der Waals surface area contributed by atoms with E-state index in [1.54, 1.807) is 0 Å². The summed E-state index contributed by atoms with van der Waals surface area (Å²) < 4.78 is 10.8. The maximum atomic E-state index is 11.4. The molecule has 5 heteroatoms. The van der Waals surface area contributed by atoms with Gasteiger partial charge in [-0.15, -0.1) is 0 Å². The average Bonchev–Trinajstić information content (AvgIpc) is 2.63. The van der Waals surface area contributed by atoms with Crippen molar-refractivity contribution in [1.82, 2.24) is 0 Å². The van der Waals surface area contributed by atoms with Crippen LogP contribution in [-0.2, 0) is 19.1 Å². The zero-order valence-corrected chi connectivity index (χ0v) is 9.24. The van der Waals surface area contributed by atoms with Gasteiger partial charge in [0.2, 0.25) is 0 Å². The second kappa shape index (κ2) is 4.51. The molecule has 1 heterocycles. The minimum atomic E-state index is -1.49. The van der Waals surface area contributed by atoms with Crippen molar-refractivity contribution < 1.29 is 19.1 Å². The van der Waals surface area contributed by atoms with Crippen LogP contribution < -0.4 is 5.73 Å². The SMILES string of the molecule is NC(=O)[C@@]1(OC2CCCCC2)CC(=O)CO1. The normalized spacial score (nSPS) is 31.9. The first-order valence-electron chi connectivity index (χ1n) is 5.76. The Morgan fingerprint density at radius 1 is 1.38 bits per heavy atom. The summed E-state index contributed by atoms with van der Waals surface area (Å²) in [5.74, 6) is -2.31. The van der Waals surface area contributed by atoms with Crippen molar-refractivity contribution in [3.8, 4) is 0 Å². The van der Waals surface area contributed by atoms with Crippen LogP contribution in [-0.4, -0.2) is 30.2 Å². The highest BCUT2D eigenvalue weighted by atomic mass is 16.7. The Bertz CT molecular complexity index is 298. The van der Waals surface area contributed by atoms with Gasteiger partial charge in [0.25, 0.3) is 11.7 Å². The molecule has 0 aromatic rings. The summed E-state index contributed by atoms with van der Waals surface area (Å²) in [5, 5.41) is 0. The Balaban J connectivity index is 2.02. The van der Waals surface area contributed by atoms with Gasteiger partial charge < -0.3 is 15.2 Å². The molecule has 5 nitrogen and oxygen atoms in total. The zero-order chi connectivity index (χ0) is 11.6. The summed E-state index contributed by atoms with van der Waals surface area (Å²) in [6, 6.07) is 0. The monoisotopic (exact) mass is 227 g/mol. The topological polar surface area (TPSA) is 78.6 Å². The molecule has 0 spiro atoms. The number of hydrogen-bond donors (Lipinski definition) is 1. The van der Waals surface area contributed by atoms with E-state index in [1.807, 2.05) is 0 Å². The highest BCUT2D eigenvalue weighted by molar-refractivity contribution is 5.93. The molecular formula is C11H17NO4. The molecule has 1 amide bonds. The first-order chi connectivity index (χ1) is 7.62. The van der Waals surface area contributed by atoms with E-state index in [2.05, 4.69) is 0 Å². The molecule has 0 aromatic heterocycles. The lowest BCUT2D eigenvalue weighted by Gasteiger charge is -2.31. The fraction of sp³-hybridized carbons (Fsp3) is 0.818. The highest BCUT2D eigenvalue weighted by Gasteiger charge is 2.48. The molecule has 2 rings (SSSR count). The molecule has 1 saturated heterocycles. The number of carbonyl (C=O) groups is 2. The summed E-state index contributed by atoms with van der Waals surface area (Å²) in [6.45, 7) is -0.0737. The Morgan fingerprint density at radius 2 is 2.06 bits per heavy atom. The lowest BCUT2D eigenvalue weighted by atomic mass is 9.97. The van der Waals surface area contributed by atoms with Crippen LogP contribution in [0, 0.1) is 0 Å². The van der Waals surface area contributed by atoms with E-state index in [0.29, 0.717) is 0 Å². The van der Waals surface area contributed by atoms with Gasteiger partial charge in [-0.25, -0.2) is 0 Å².